The summed E-state index contributed by atoms with van der Waals surface area (Å²) in [4.78, 5) is 44.6. The maximum atomic E-state index is 14.3. The summed E-state index contributed by atoms with van der Waals surface area (Å²) < 4.78 is 36.1. The summed E-state index contributed by atoms with van der Waals surface area (Å²) in [6.45, 7) is 7.68. The number of carbonyl (C=O) groups is 2. The number of allylic oxidation sites excluding steroid dienone is 1. The fraction of sp³-hybridized carbons (Fsp3) is 0.297. The number of methoxy groups -OCH3 is 1. The molecule has 1 aliphatic heterocycles. The van der Waals surface area contributed by atoms with Crippen molar-refractivity contribution in [1.29, 1.82) is 0 Å². The number of rotatable bonds is 14. The lowest BCUT2D eigenvalue weighted by atomic mass is 9.95. The first-order chi connectivity index (χ1) is 25.0. The van der Waals surface area contributed by atoms with E-state index in [0.29, 0.717) is 76.9 Å². The summed E-state index contributed by atoms with van der Waals surface area (Å²) in [5, 5.41) is 0.999. The number of hydrogen-bond acceptors (Lipinski definition) is 11. The minimum Gasteiger partial charge on any atom is -0.490 e. The van der Waals surface area contributed by atoms with Crippen LogP contribution < -0.4 is 33.8 Å². The highest BCUT2D eigenvalue weighted by Crippen LogP contribution is 2.39. The van der Waals surface area contributed by atoms with Gasteiger partial charge >= 0.3 is 11.9 Å². The summed E-state index contributed by atoms with van der Waals surface area (Å²) in [6.07, 6.45) is 1.73. The van der Waals surface area contributed by atoms with Gasteiger partial charge in [0.05, 0.1) is 53.2 Å². The molecule has 1 aromatic heterocycles. The Morgan fingerprint density at radius 1 is 0.942 bits per heavy atom. The molecular formula is C37H35BrCl2N2O9S. The van der Waals surface area contributed by atoms with Crippen LogP contribution in [0.25, 0.3) is 6.08 Å². The summed E-state index contributed by atoms with van der Waals surface area (Å²) in [6, 6.07) is 12.9. The van der Waals surface area contributed by atoms with Gasteiger partial charge in [0, 0.05) is 15.6 Å². The Balaban J connectivity index is 1.59. The number of halogens is 3. The second-order valence-corrected chi connectivity index (χ2v) is 13.8. The Hall–Kier alpha value is -4.30. The Bertz CT molecular complexity index is 2220. The van der Waals surface area contributed by atoms with Crippen molar-refractivity contribution in [2.24, 2.45) is 4.99 Å². The molecule has 5 rings (SSSR count). The zero-order chi connectivity index (χ0) is 37.5. The number of carbonyl (C=O) groups excluding carboxylic acids is 2. The Morgan fingerprint density at radius 3 is 2.38 bits per heavy atom. The van der Waals surface area contributed by atoms with Crippen molar-refractivity contribution in [1.82, 2.24) is 4.57 Å². The van der Waals surface area contributed by atoms with E-state index in [9.17, 15) is 14.4 Å². The lowest BCUT2D eigenvalue weighted by Crippen LogP contribution is -2.40. The number of esters is 2. The van der Waals surface area contributed by atoms with Gasteiger partial charge in [-0.15, -0.1) is 0 Å². The van der Waals surface area contributed by atoms with Gasteiger partial charge in [0.2, 0.25) is 0 Å². The summed E-state index contributed by atoms with van der Waals surface area (Å²) in [7, 11) is 1.26. The van der Waals surface area contributed by atoms with Crippen LogP contribution in [-0.4, -0.2) is 50.0 Å². The van der Waals surface area contributed by atoms with Gasteiger partial charge in [-0.25, -0.2) is 14.6 Å². The largest absolute Gasteiger partial charge is 0.490 e. The number of fused-ring (bicyclic) bond motifs is 1. The van der Waals surface area contributed by atoms with Gasteiger partial charge in [0.25, 0.3) is 5.56 Å². The SMILES string of the molecule is CCOC(=O)C1=C(C)N=c2s/c(=C\c3cc(Br)c(OCc4ccc(Cl)cc4Cl)c(OCC)c3)c(=O)n2[C@H]1c1ccc(OCC(=O)OC)c(OCC)c1. The van der Waals surface area contributed by atoms with Gasteiger partial charge in [-0.1, -0.05) is 46.7 Å². The molecule has 15 heteroatoms. The third-order valence-electron chi connectivity index (χ3n) is 7.69. The summed E-state index contributed by atoms with van der Waals surface area (Å²) >= 11 is 17.2. The minimum absolute atomic E-state index is 0.126. The molecule has 1 aliphatic rings. The van der Waals surface area contributed by atoms with Crippen molar-refractivity contribution in [3.8, 4) is 23.0 Å². The molecule has 2 heterocycles. The second-order valence-electron chi connectivity index (χ2n) is 11.1. The van der Waals surface area contributed by atoms with E-state index < -0.39 is 18.0 Å². The number of benzene rings is 3. The first-order valence-electron chi connectivity index (χ1n) is 16.2. The molecular weight excluding hydrogens is 799 g/mol. The Morgan fingerprint density at radius 2 is 1.69 bits per heavy atom. The molecule has 0 saturated heterocycles. The van der Waals surface area contributed by atoms with Gasteiger partial charge in [-0.2, -0.15) is 0 Å². The van der Waals surface area contributed by atoms with E-state index in [1.807, 2.05) is 13.0 Å². The molecule has 0 bridgehead atoms. The van der Waals surface area contributed by atoms with Crippen LogP contribution in [0.5, 0.6) is 23.0 Å². The topological polar surface area (TPSA) is 124 Å². The van der Waals surface area contributed by atoms with E-state index in [4.69, 9.17) is 51.6 Å². The van der Waals surface area contributed by atoms with Crippen LogP contribution in [0.4, 0.5) is 0 Å². The monoisotopic (exact) mass is 832 g/mol. The third-order valence-corrected chi connectivity index (χ3v) is 9.85. The van der Waals surface area contributed by atoms with E-state index >= 15 is 0 Å². The number of thiazole rings is 1. The van der Waals surface area contributed by atoms with E-state index in [0.717, 1.165) is 5.56 Å². The standard InChI is InChI=1S/C37H35BrCl2N2O9S/c1-6-47-28-16-22(10-12-27(28)50-19-31(43)46-5)33-32(36(45)49-8-3)20(4)41-37-42(33)35(44)30(52-37)15-21-13-25(38)34(29(14-21)48-7-2)51-18-23-9-11-24(39)17-26(23)40/h9-17,33H,6-8,18-19H2,1-5H3/b30-15-/t33-/m0/s1. The molecule has 4 aromatic rings. The van der Waals surface area contributed by atoms with Crippen molar-refractivity contribution in [2.75, 3.05) is 33.5 Å². The van der Waals surface area contributed by atoms with Crippen LogP contribution >= 0.6 is 50.5 Å². The fourth-order valence-corrected chi connectivity index (χ4v) is 7.48. The van der Waals surface area contributed by atoms with Crippen LogP contribution in [0.2, 0.25) is 10.0 Å². The minimum atomic E-state index is -0.910. The lowest BCUT2D eigenvalue weighted by Gasteiger charge is -2.25. The molecule has 1 atom stereocenters. The Kier molecular flexibility index (Phi) is 13.1. The molecule has 0 N–H and O–H groups in total. The quantitative estimate of drug-likeness (QED) is 0.126. The van der Waals surface area contributed by atoms with Gasteiger partial charge in [0.1, 0.15) is 6.61 Å². The van der Waals surface area contributed by atoms with Crippen molar-refractivity contribution >= 4 is 68.5 Å². The smallest absolute Gasteiger partial charge is 0.343 e. The van der Waals surface area contributed by atoms with Gasteiger partial charge in [-0.05, 0) is 97.2 Å². The molecule has 0 radical (unpaired) electrons. The van der Waals surface area contributed by atoms with Crippen molar-refractivity contribution in [3.63, 3.8) is 0 Å². The van der Waals surface area contributed by atoms with Gasteiger partial charge in [0.15, 0.2) is 34.4 Å². The zero-order valence-electron chi connectivity index (χ0n) is 28.9. The van der Waals surface area contributed by atoms with E-state index in [-0.39, 0.29) is 31.0 Å². The molecule has 0 spiro atoms. The molecule has 0 aliphatic carbocycles. The van der Waals surface area contributed by atoms with Gasteiger partial charge < -0.3 is 28.4 Å². The number of nitrogens with zero attached hydrogens (tertiary/aromatic N) is 2. The molecule has 0 unspecified atom stereocenters. The third kappa shape index (κ3) is 8.66. The summed E-state index contributed by atoms with van der Waals surface area (Å²) in [5.74, 6) is 0.363. The van der Waals surface area contributed by atoms with Crippen LogP contribution in [-0.2, 0) is 25.7 Å². The highest BCUT2D eigenvalue weighted by molar-refractivity contribution is 9.10. The predicted molar refractivity (Wildman–Crippen MR) is 202 cm³/mol. The van der Waals surface area contributed by atoms with Crippen LogP contribution in [0, 0.1) is 0 Å². The lowest BCUT2D eigenvalue weighted by molar-refractivity contribution is -0.143. The van der Waals surface area contributed by atoms with E-state index in [1.165, 1.54) is 23.0 Å². The molecule has 11 nitrogen and oxygen atoms in total. The van der Waals surface area contributed by atoms with E-state index in [2.05, 4.69) is 20.9 Å². The van der Waals surface area contributed by atoms with Crippen molar-refractivity contribution < 1.29 is 38.0 Å². The van der Waals surface area contributed by atoms with E-state index in [1.54, 1.807) is 69.3 Å². The maximum absolute atomic E-state index is 14.3. The second kappa shape index (κ2) is 17.5. The molecule has 3 aromatic carbocycles. The average Bonchev–Trinajstić information content (AvgIpc) is 3.40. The molecule has 274 valence electrons. The van der Waals surface area contributed by atoms with Crippen molar-refractivity contribution in [2.45, 2.75) is 40.3 Å². The normalized spacial score (nSPS) is 14.0. The summed E-state index contributed by atoms with van der Waals surface area (Å²) in [5.41, 5.74) is 2.18. The number of hydrogen-bond donors (Lipinski definition) is 0. The number of ether oxygens (including phenoxy) is 6. The number of aromatic nitrogens is 1. The van der Waals surface area contributed by atoms with Crippen LogP contribution in [0.1, 0.15) is 50.4 Å². The zero-order valence-corrected chi connectivity index (χ0v) is 32.8. The Labute approximate surface area is 322 Å². The highest BCUT2D eigenvalue weighted by atomic mass is 79.9. The van der Waals surface area contributed by atoms with Crippen molar-refractivity contribution in [3.05, 3.63) is 111 Å². The molecule has 0 fully saturated rings. The molecule has 52 heavy (non-hydrogen) atoms. The molecule has 0 saturated carbocycles. The van der Waals surface area contributed by atoms with Gasteiger partial charge in [-0.3, -0.25) is 9.36 Å². The fourth-order valence-electron chi connectivity index (χ4n) is 5.40. The van der Waals surface area contributed by atoms with Crippen LogP contribution in [0.15, 0.2) is 74.1 Å². The predicted octanol–water partition coefficient (Wildman–Crippen LogP) is 6.80. The highest BCUT2D eigenvalue weighted by Gasteiger charge is 2.34. The van der Waals surface area contributed by atoms with Crippen LogP contribution in [0.3, 0.4) is 0 Å². The maximum Gasteiger partial charge on any atom is 0.343 e. The molecule has 0 amide bonds. The average molecular weight is 835 g/mol. The first kappa shape index (κ1) is 38.9. The first-order valence-corrected chi connectivity index (χ1v) is 18.5.